The molecular weight excluding hydrogens is 322 g/mol. The molecule has 0 radical (unpaired) electrons. The first-order valence-electron chi connectivity index (χ1n) is 8.00. The van der Waals surface area contributed by atoms with Crippen LogP contribution in [-0.4, -0.2) is 17.2 Å². The van der Waals surface area contributed by atoms with Gasteiger partial charge in [-0.1, -0.05) is 41.4 Å². The Morgan fingerprint density at radius 1 is 1.12 bits per heavy atom. The zero-order valence-corrected chi connectivity index (χ0v) is 14.8. The van der Waals surface area contributed by atoms with Gasteiger partial charge in [0, 0.05) is 16.1 Å². The van der Waals surface area contributed by atoms with E-state index in [1.807, 2.05) is 55.5 Å². The lowest BCUT2D eigenvalue weighted by Gasteiger charge is -2.18. The molecule has 3 rings (SSSR count). The van der Waals surface area contributed by atoms with Gasteiger partial charge in [-0.05, 0) is 38.1 Å². The SMILES string of the molecule is Cc1cccc(-c2nnc([C@H](C)[NH+](C)Cc3ccc(Cl)cc3)o2)c1. The van der Waals surface area contributed by atoms with Gasteiger partial charge in [0.15, 0.2) is 6.04 Å². The highest BCUT2D eigenvalue weighted by Gasteiger charge is 2.22. The van der Waals surface area contributed by atoms with Crippen LogP contribution >= 0.6 is 11.6 Å². The molecule has 0 aliphatic heterocycles. The molecule has 1 unspecified atom stereocenters. The highest BCUT2D eigenvalue weighted by molar-refractivity contribution is 6.30. The quantitative estimate of drug-likeness (QED) is 0.772. The Morgan fingerprint density at radius 2 is 1.88 bits per heavy atom. The van der Waals surface area contributed by atoms with Crippen molar-refractivity contribution in [2.45, 2.75) is 26.4 Å². The maximum atomic E-state index is 5.94. The summed E-state index contributed by atoms with van der Waals surface area (Å²) in [6.45, 7) is 5.01. The Morgan fingerprint density at radius 3 is 2.58 bits per heavy atom. The summed E-state index contributed by atoms with van der Waals surface area (Å²) in [5.41, 5.74) is 3.35. The Labute approximate surface area is 147 Å². The predicted octanol–water partition coefficient (Wildman–Crippen LogP) is 3.47. The second kappa shape index (κ2) is 7.16. The van der Waals surface area contributed by atoms with Crippen molar-refractivity contribution >= 4 is 11.6 Å². The maximum Gasteiger partial charge on any atom is 0.274 e. The van der Waals surface area contributed by atoms with Gasteiger partial charge in [-0.2, -0.15) is 0 Å². The number of nitrogens with one attached hydrogen (secondary N) is 1. The molecule has 0 saturated heterocycles. The monoisotopic (exact) mass is 342 g/mol. The number of hydrogen-bond acceptors (Lipinski definition) is 3. The van der Waals surface area contributed by atoms with Gasteiger partial charge in [-0.3, -0.25) is 0 Å². The van der Waals surface area contributed by atoms with E-state index in [0.29, 0.717) is 11.8 Å². The number of hydrogen-bond donors (Lipinski definition) is 1. The highest BCUT2D eigenvalue weighted by atomic mass is 35.5. The molecule has 24 heavy (non-hydrogen) atoms. The molecule has 0 amide bonds. The van der Waals surface area contributed by atoms with Crippen molar-refractivity contribution in [2.24, 2.45) is 0 Å². The molecule has 0 spiro atoms. The van der Waals surface area contributed by atoms with Crippen LogP contribution in [0, 0.1) is 6.92 Å². The lowest BCUT2D eigenvalue weighted by molar-refractivity contribution is -0.925. The number of nitrogens with zero attached hydrogens (tertiary/aromatic N) is 2. The second-order valence-corrected chi connectivity index (χ2v) is 6.62. The summed E-state index contributed by atoms with van der Waals surface area (Å²) in [6, 6.07) is 16.1. The summed E-state index contributed by atoms with van der Waals surface area (Å²) in [5, 5.41) is 9.20. The molecule has 2 aromatic carbocycles. The first kappa shape index (κ1) is 16.7. The van der Waals surface area contributed by atoms with Crippen LogP contribution in [0.15, 0.2) is 52.9 Å². The van der Waals surface area contributed by atoms with E-state index >= 15 is 0 Å². The van der Waals surface area contributed by atoms with Gasteiger partial charge in [0.1, 0.15) is 6.54 Å². The maximum absolute atomic E-state index is 5.94. The summed E-state index contributed by atoms with van der Waals surface area (Å²) in [7, 11) is 2.12. The molecule has 0 fully saturated rings. The molecule has 1 heterocycles. The van der Waals surface area contributed by atoms with E-state index in [1.54, 1.807) is 0 Å². The highest BCUT2D eigenvalue weighted by Crippen LogP contribution is 2.20. The lowest BCUT2D eigenvalue weighted by atomic mass is 10.1. The van der Waals surface area contributed by atoms with Crippen molar-refractivity contribution in [3.8, 4) is 11.5 Å². The minimum atomic E-state index is 0.103. The summed E-state index contributed by atoms with van der Waals surface area (Å²) in [6.07, 6.45) is 0. The fourth-order valence-corrected chi connectivity index (χ4v) is 2.72. The second-order valence-electron chi connectivity index (χ2n) is 6.19. The van der Waals surface area contributed by atoms with Crippen molar-refractivity contribution in [3.05, 3.63) is 70.6 Å². The number of quaternary nitrogens is 1. The molecule has 0 saturated carbocycles. The van der Waals surface area contributed by atoms with Crippen LogP contribution in [0.25, 0.3) is 11.5 Å². The zero-order valence-electron chi connectivity index (χ0n) is 14.1. The number of rotatable bonds is 5. The average molecular weight is 343 g/mol. The number of halogens is 1. The van der Waals surface area contributed by atoms with Gasteiger partial charge < -0.3 is 9.32 Å². The lowest BCUT2D eigenvalue weighted by Crippen LogP contribution is -3.07. The Kier molecular flexibility index (Phi) is 4.97. The van der Waals surface area contributed by atoms with E-state index in [0.717, 1.165) is 17.1 Å². The van der Waals surface area contributed by atoms with Gasteiger partial charge in [0.05, 0.1) is 7.05 Å². The van der Waals surface area contributed by atoms with Crippen LogP contribution in [0.5, 0.6) is 0 Å². The molecule has 3 aromatic rings. The van der Waals surface area contributed by atoms with E-state index in [2.05, 4.69) is 24.2 Å². The third kappa shape index (κ3) is 3.83. The molecule has 2 atom stereocenters. The van der Waals surface area contributed by atoms with E-state index in [-0.39, 0.29) is 6.04 Å². The molecule has 4 nitrogen and oxygen atoms in total. The van der Waals surface area contributed by atoms with Crippen molar-refractivity contribution < 1.29 is 9.32 Å². The van der Waals surface area contributed by atoms with Gasteiger partial charge in [0.25, 0.3) is 5.89 Å². The van der Waals surface area contributed by atoms with E-state index in [1.165, 1.54) is 16.0 Å². The van der Waals surface area contributed by atoms with Crippen molar-refractivity contribution in [1.82, 2.24) is 10.2 Å². The molecule has 1 aromatic heterocycles. The molecule has 124 valence electrons. The van der Waals surface area contributed by atoms with Crippen LogP contribution in [0.1, 0.15) is 30.0 Å². The third-order valence-electron chi connectivity index (χ3n) is 4.21. The number of aromatic nitrogens is 2. The summed E-state index contributed by atoms with van der Waals surface area (Å²) in [4.78, 5) is 1.27. The van der Waals surface area contributed by atoms with Gasteiger partial charge >= 0.3 is 0 Å². The summed E-state index contributed by atoms with van der Waals surface area (Å²) in [5.74, 6) is 1.22. The third-order valence-corrected chi connectivity index (χ3v) is 4.46. The van der Waals surface area contributed by atoms with Crippen LogP contribution < -0.4 is 4.90 Å². The van der Waals surface area contributed by atoms with E-state index in [9.17, 15) is 0 Å². The number of benzene rings is 2. The van der Waals surface area contributed by atoms with Gasteiger partial charge in [0.2, 0.25) is 5.89 Å². The molecule has 0 aliphatic rings. The Bertz CT molecular complexity index is 813. The van der Waals surface area contributed by atoms with Crippen molar-refractivity contribution in [1.29, 1.82) is 0 Å². The standard InChI is InChI=1S/C19H20ClN3O/c1-13-5-4-6-16(11-13)19-22-21-18(24-19)14(2)23(3)12-15-7-9-17(20)10-8-15/h4-11,14H,12H2,1-3H3/p+1/t14-/m0/s1. The molecule has 5 heteroatoms. The minimum absolute atomic E-state index is 0.103. The Balaban J connectivity index is 1.73. The molecule has 0 aliphatic carbocycles. The zero-order chi connectivity index (χ0) is 17.1. The van der Waals surface area contributed by atoms with Crippen LogP contribution in [0.4, 0.5) is 0 Å². The number of aryl methyl sites for hydroxylation is 1. The Hall–Kier alpha value is -2.17. The molecule has 1 N–H and O–H groups in total. The van der Waals surface area contributed by atoms with Gasteiger partial charge in [-0.15, -0.1) is 10.2 Å². The van der Waals surface area contributed by atoms with Crippen LogP contribution in [0.2, 0.25) is 5.02 Å². The normalized spacial score (nSPS) is 13.7. The molecule has 0 bridgehead atoms. The predicted molar refractivity (Wildman–Crippen MR) is 94.9 cm³/mol. The minimum Gasteiger partial charge on any atom is -0.415 e. The van der Waals surface area contributed by atoms with Crippen molar-refractivity contribution in [2.75, 3.05) is 7.05 Å². The van der Waals surface area contributed by atoms with E-state index < -0.39 is 0 Å². The largest absolute Gasteiger partial charge is 0.415 e. The first-order valence-corrected chi connectivity index (χ1v) is 8.38. The van der Waals surface area contributed by atoms with Crippen LogP contribution in [-0.2, 0) is 6.54 Å². The fourth-order valence-electron chi connectivity index (χ4n) is 2.59. The van der Waals surface area contributed by atoms with Crippen LogP contribution in [0.3, 0.4) is 0 Å². The van der Waals surface area contributed by atoms with E-state index in [4.69, 9.17) is 16.0 Å². The molecular formula is C19H21ClN3O+. The summed E-state index contributed by atoms with van der Waals surface area (Å²) < 4.78 is 5.90. The average Bonchev–Trinajstić information content (AvgIpc) is 3.06. The van der Waals surface area contributed by atoms with Crippen molar-refractivity contribution in [3.63, 3.8) is 0 Å². The first-order chi connectivity index (χ1) is 11.5. The smallest absolute Gasteiger partial charge is 0.274 e. The topological polar surface area (TPSA) is 43.4 Å². The fraction of sp³-hybridized carbons (Fsp3) is 0.263. The van der Waals surface area contributed by atoms with Gasteiger partial charge in [-0.25, -0.2) is 0 Å². The summed E-state index contributed by atoms with van der Waals surface area (Å²) >= 11 is 5.94.